The molecule has 130 valence electrons. The molecule has 0 spiro atoms. The van der Waals surface area contributed by atoms with Crippen LogP contribution in [0.3, 0.4) is 0 Å². The number of fused-ring (bicyclic) bond motifs is 2. The van der Waals surface area contributed by atoms with E-state index in [1.807, 2.05) is 25.2 Å². The molecule has 2 unspecified atom stereocenters. The molecule has 2 aromatic heterocycles. The second-order valence-electron chi connectivity index (χ2n) is 6.38. The van der Waals surface area contributed by atoms with Crippen molar-refractivity contribution in [3.05, 3.63) is 35.0 Å². The van der Waals surface area contributed by atoms with Gasteiger partial charge in [0.1, 0.15) is 11.5 Å². The Bertz CT molecular complexity index is 884. The van der Waals surface area contributed by atoms with Crippen LogP contribution >= 0.6 is 11.3 Å². The van der Waals surface area contributed by atoms with Crippen LogP contribution in [0.5, 0.6) is 0 Å². The lowest BCUT2D eigenvalue weighted by Crippen LogP contribution is -2.35. The Morgan fingerprint density at radius 3 is 3.16 bits per heavy atom. The first-order valence-electron chi connectivity index (χ1n) is 8.40. The summed E-state index contributed by atoms with van der Waals surface area (Å²) in [4.78, 5) is 17.3. The number of hydrogen-bond donors (Lipinski definition) is 2. The van der Waals surface area contributed by atoms with Crippen LogP contribution in [0.25, 0.3) is 10.2 Å². The first kappa shape index (κ1) is 16.0. The molecule has 1 aromatic carbocycles. The number of carbonyl (C=O) groups is 1. The standard InChI is InChI=1S/C17H20N6OS/c1-10(17-20-12-5-3-4-6-13(12)25-17)9-19-16(24)11-7-8-18-15-14(11)21-22-23(15)2/h3-6,10-11,18H,7-9H2,1-2H3,(H,19,24). The van der Waals surface area contributed by atoms with E-state index in [-0.39, 0.29) is 17.7 Å². The maximum absolute atomic E-state index is 12.6. The molecule has 1 amide bonds. The summed E-state index contributed by atoms with van der Waals surface area (Å²) in [5.74, 6) is 0.777. The molecule has 3 aromatic rings. The summed E-state index contributed by atoms with van der Waals surface area (Å²) in [7, 11) is 1.83. The van der Waals surface area contributed by atoms with Gasteiger partial charge in [-0.15, -0.1) is 16.4 Å². The van der Waals surface area contributed by atoms with Crippen LogP contribution in [0.15, 0.2) is 24.3 Å². The number of aryl methyl sites for hydroxylation is 1. The third kappa shape index (κ3) is 2.97. The molecule has 0 aliphatic carbocycles. The molecule has 0 bridgehead atoms. The summed E-state index contributed by atoms with van der Waals surface area (Å²) in [6, 6.07) is 8.11. The number of thiazole rings is 1. The van der Waals surface area contributed by atoms with Crippen molar-refractivity contribution < 1.29 is 4.79 Å². The van der Waals surface area contributed by atoms with Crippen LogP contribution in [0.2, 0.25) is 0 Å². The molecule has 0 saturated heterocycles. The third-order valence-electron chi connectivity index (χ3n) is 4.54. The van der Waals surface area contributed by atoms with Crippen LogP contribution < -0.4 is 10.6 Å². The Balaban J connectivity index is 1.43. The van der Waals surface area contributed by atoms with E-state index in [1.54, 1.807) is 16.0 Å². The lowest BCUT2D eigenvalue weighted by Gasteiger charge is -2.22. The monoisotopic (exact) mass is 356 g/mol. The van der Waals surface area contributed by atoms with Gasteiger partial charge in [-0.1, -0.05) is 24.3 Å². The van der Waals surface area contributed by atoms with E-state index in [0.717, 1.165) is 35.0 Å². The Kier molecular flexibility index (Phi) is 4.12. The van der Waals surface area contributed by atoms with Crippen LogP contribution in [0.4, 0.5) is 5.82 Å². The quantitative estimate of drug-likeness (QED) is 0.749. The fraction of sp³-hybridized carbons (Fsp3) is 0.412. The minimum Gasteiger partial charge on any atom is -0.369 e. The summed E-state index contributed by atoms with van der Waals surface area (Å²) in [6.07, 6.45) is 0.729. The molecule has 1 aliphatic heterocycles. The molecule has 1 aliphatic rings. The molecular formula is C17H20N6OS. The molecule has 0 radical (unpaired) electrons. The van der Waals surface area contributed by atoms with Crippen LogP contribution in [0.1, 0.15) is 35.9 Å². The first-order chi connectivity index (χ1) is 12.1. The van der Waals surface area contributed by atoms with E-state index >= 15 is 0 Å². The van der Waals surface area contributed by atoms with Crippen molar-refractivity contribution in [2.24, 2.45) is 7.05 Å². The number of nitrogens with zero attached hydrogens (tertiary/aromatic N) is 4. The highest BCUT2D eigenvalue weighted by Gasteiger charge is 2.31. The summed E-state index contributed by atoms with van der Waals surface area (Å²) in [5, 5.41) is 15.5. The summed E-state index contributed by atoms with van der Waals surface area (Å²) >= 11 is 1.69. The van der Waals surface area contributed by atoms with Crippen molar-refractivity contribution >= 4 is 33.3 Å². The summed E-state index contributed by atoms with van der Waals surface area (Å²) in [5.41, 5.74) is 1.75. The summed E-state index contributed by atoms with van der Waals surface area (Å²) in [6.45, 7) is 3.41. The molecular weight excluding hydrogens is 336 g/mol. The van der Waals surface area contributed by atoms with E-state index in [0.29, 0.717) is 6.54 Å². The number of nitrogens with one attached hydrogen (secondary N) is 2. The van der Waals surface area contributed by atoms with Gasteiger partial charge in [0.25, 0.3) is 0 Å². The molecule has 25 heavy (non-hydrogen) atoms. The number of carbonyl (C=O) groups excluding carboxylic acids is 1. The maximum Gasteiger partial charge on any atom is 0.229 e. The van der Waals surface area contributed by atoms with E-state index in [4.69, 9.17) is 0 Å². The molecule has 2 atom stereocenters. The molecule has 0 fully saturated rings. The molecule has 8 heteroatoms. The number of para-hydroxylation sites is 1. The van der Waals surface area contributed by atoms with Crippen molar-refractivity contribution in [3.8, 4) is 0 Å². The normalized spacial score (nSPS) is 17.8. The molecule has 7 nitrogen and oxygen atoms in total. The minimum atomic E-state index is -0.243. The molecule has 3 heterocycles. The number of amides is 1. The van der Waals surface area contributed by atoms with Gasteiger partial charge in [0.2, 0.25) is 5.91 Å². The predicted molar refractivity (Wildman–Crippen MR) is 97.9 cm³/mol. The Morgan fingerprint density at radius 2 is 2.32 bits per heavy atom. The Labute approximate surface area is 149 Å². The number of anilines is 1. The highest BCUT2D eigenvalue weighted by molar-refractivity contribution is 7.18. The largest absolute Gasteiger partial charge is 0.369 e. The van der Waals surface area contributed by atoms with Gasteiger partial charge in [0, 0.05) is 26.1 Å². The van der Waals surface area contributed by atoms with Crippen LogP contribution in [-0.2, 0) is 11.8 Å². The maximum atomic E-state index is 12.6. The zero-order valence-corrected chi connectivity index (χ0v) is 15.0. The zero-order chi connectivity index (χ0) is 17.4. The number of benzene rings is 1. The van der Waals surface area contributed by atoms with Crippen molar-refractivity contribution in [3.63, 3.8) is 0 Å². The average molecular weight is 356 g/mol. The van der Waals surface area contributed by atoms with Crippen LogP contribution in [-0.4, -0.2) is 39.0 Å². The van der Waals surface area contributed by atoms with E-state index in [9.17, 15) is 4.79 Å². The third-order valence-corrected chi connectivity index (χ3v) is 5.81. The highest BCUT2D eigenvalue weighted by Crippen LogP contribution is 2.30. The SMILES string of the molecule is CC(CNC(=O)C1CCNc2c1nnn2C)c1nc2ccccc2s1. The van der Waals surface area contributed by atoms with E-state index < -0.39 is 0 Å². The molecule has 2 N–H and O–H groups in total. The molecule has 4 rings (SSSR count). The second-order valence-corrected chi connectivity index (χ2v) is 7.44. The van der Waals surface area contributed by atoms with Gasteiger partial charge in [-0.3, -0.25) is 4.79 Å². The van der Waals surface area contributed by atoms with Gasteiger partial charge in [0.15, 0.2) is 0 Å². The first-order valence-corrected chi connectivity index (χ1v) is 9.21. The Morgan fingerprint density at radius 1 is 1.48 bits per heavy atom. The second kappa shape index (κ2) is 6.44. The lowest BCUT2D eigenvalue weighted by molar-refractivity contribution is -0.122. The lowest BCUT2D eigenvalue weighted by atomic mass is 9.97. The van der Waals surface area contributed by atoms with Gasteiger partial charge in [-0.2, -0.15) is 0 Å². The van der Waals surface area contributed by atoms with Crippen molar-refractivity contribution in [1.82, 2.24) is 25.3 Å². The Hall–Kier alpha value is -2.48. The number of hydrogen-bond acceptors (Lipinski definition) is 6. The smallest absolute Gasteiger partial charge is 0.229 e. The summed E-state index contributed by atoms with van der Waals surface area (Å²) < 4.78 is 2.86. The van der Waals surface area contributed by atoms with Gasteiger partial charge in [-0.05, 0) is 18.6 Å². The number of aromatic nitrogens is 4. The van der Waals surface area contributed by atoms with E-state index in [1.165, 1.54) is 4.70 Å². The fourth-order valence-corrected chi connectivity index (χ4v) is 4.12. The number of rotatable bonds is 4. The minimum absolute atomic E-state index is 0.0104. The highest BCUT2D eigenvalue weighted by atomic mass is 32.1. The van der Waals surface area contributed by atoms with Gasteiger partial charge >= 0.3 is 0 Å². The predicted octanol–water partition coefficient (Wildman–Crippen LogP) is 2.24. The van der Waals surface area contributed by atoms with Crippen molar-refractivity contribution in [2.45, 2.75) is 25.2 Å². The van der Waals surface area contributed by atoms with E-state index in [2.05, 4.69) is 38.9 Å². The average Bonchev–Trinajstić information content (AvgIpc) is 3.23. The van der Waals surface area contributed by atoms with Gasteiger partial charge in [-0.25, -0.2) is 9.67 Å². The van der Waals surface area contributed by atoms with Gasteiger partial charge < -0.3 is 10.6 Å². The fourth-order valence-electron chi connectivity index (χ4n) is 3.10. The van der Waals surface area contributed by atoms with Crippen molar-refractivity contribution in [1.29, 1.82) is 0 Å². The zero-order valence-electron chi connectivity index (χ0n) is 14.2. The van der Waals surface area contributed by atoms with Crippen LogP contribution in [0, 0.1) is 0 Å². The van der Waals surface area contributed by atoms with Crippen molar-refractivity contribution in [2.75, 3.05) is 18.4 Å². The topological polar surface area (TPSA) is 84.7 Å². The van der Waals surface area contributed by atoms with Gasteiger partial charge in [0.05, 0.1) is 21.1 Å². The molecule has 0 saturated carbocycles.